The second-order valence-electron chi connectivity index (χ2n) is 6.46. The smallest absolute Gasteiger partial charge is 0.191 e. The van der Waals surface area contributed by atoms with Gasteiger partial charge in [-0.2, -0.15) is 0 Å². The first-order chi connectivity index (χ1) is 12.7. The molecule has 0 spiro atoms. The fourth-order valence-corrected chi connectivity index (χ4v) is 3.55. The summed E-state index contributed by atoms with van der Waals surface area (Å²) in [6, 6.07) is 25.2. The number of para-hydroxylation sites is 2. The van der Waals surface area contributed by atoms with E-state index < -0.39 is 0 Å². The van der Waals surface area contributed by atoms with Gasteiger partial charge in [0.1, 0.15) is 0 Å². The van der Waals surface area contributed by atoms with Gasteiger partial charge in [0, 0.05) is 22.4 Å². The molecule has 0 aromatic heterocycles. The van der Waals surface area contributed by atoms with Gasteiger partial charge in [-0.25, -0.2) is 0 Å². The molecule has 3 nitrogen and oxygen atoms in total. The summed E-state index contributed by atoms with van der Waals surface area (Å²) >= 11 is 0. The van der Waals surface area contributed by atoms with E-state index in [1.54, 1.807) is 0 Å². The van der Waals surface area contributed by atoms with Crippen LogP contribution in [0.1, 0.15) is 22.8 Å². The molecule has 3 aromatic rings. The number of carbonyl (C=O) groups is 1. The van der Waals surface area contributed by atoms with Crippen molar-refractivity contribution in [1.82, 2.24) is 0 Å². The molecule has 0 amide bonds. The zero-order valence-corrected chi connectivity index (χ0v) is 14.6. The first kappa shape index (κ1) is 16.2. The van der Waals surface area contributed by atoms with Gasteiger partial charge in [0.25, 0.3) is 0 Å². The van der Waals surface area contributed by atoms with Crippen molar-refractivity contribution in [2.75, 3.05) is 10.6 Å². The third kappa shape index (κ3) is 2.68. The average molecular weight is 340 g/mol. The Bertz CT molecular complexity index is 978. The molecular weight excluding hydrogens is 320 g/mol. The quantitative estimate of drug-likeness (QED) is 0.534. The van der Waals surface area contributed by atoms with Crippen LogP contribution >= 0.6 is 0 Å². The largest absolute Gasteiger partial charge is 0.397 e. The van der Waals surface area contributed by atoms with E-state index in [-0.39, 0.29) is 11.8 Å². The molecule has 0 aliphatic carbocycles. The molecule has 1 unspecified atom stereocenters. The van der Waals surface area contributed by atoms with Crippen molar-refractivity contribution in [2.45, 2.75) is 13.0 Å². The van der Waals surface area contributed by atoms with Gasteiger partial charge in [-0.05, 0) is 31.2 Å². The maximum absolute atomic E-state index is 13.2. The molecule has 1 heterocycles. The fraction of sp³-hybridized carbons (Fsp3) is 0.0870. The lowest BCUT2D eigenvalue weighted by molar-refractivity contribution is 0.103. The zero-order valence-electron chi connectivity index (χ0n) is 14.6. The molecule has 0 saturated carbocycles. The summed E-state index contributed by atoms with van der Waals surface area (Å²) in [6.07, 6.45) is 1.98. The molecular formula is C23H20N2O. The molecule has 0 bridgehead atoms. The van der Waals surface area contributed by atoms with Crippen molar-refractivity contribution in [1.29, 1.82) is 0 Å². The van der Waals surface area contributed by atoms with Crippen LogP contribution in [0.4, 0.5) is 17.1 Å². The number of fused-ring (bicyclic) bond motifs is 1. The van der Waals surface area contributed by atoms with Crippen LogP contribution in [0.2, 0.25) is 0 Å². The number of rotatable bonds is 3. The third-order valence-corrected chi connectivity index (χ3v) is 4.82. The summed E-state index contributed by atoms with van der Waals surface area (Å²) in [5.74, 6) is 0.0482. The van der Waals surface area contributed by atoms with Crippen molar-refractivity contribution in [2.24, 2.45) is 0 Å². The highest BCUT2D eigenvalue weighted by Gasteiger charge is 2.31. The number of ketones is 1. The maximum atomic E-state index is 13.2. The van der Waals surface area contributed by atoms with Gasteiger partial charge >= 0.3 is 0 Å². The van der Waals surface area contributed by atoms with E-state index in [0.717, 1.165) is 22.5 Å². The van der Waals surface area contributed by atoms with E-state index in [9.17, 15) is 4.79 Å². The zero-order chi connectivity index (χ0) is 18.1. The molecule has 1 atom stereocenters. The summed E-state index contributed by atoms with van der Waals surface area (Å²) in [4.78, 5) is 15.3. The number of hydrogen-bond donors (Lipinski definition) is 1. The Labute approximate surface area is 153 Å². The van der Waals surface area contributed by atoms with E-state index in [1.165, 1.54) is 0 Å². The highest BCUT2D eigenvalue weighted by atomic mass is 16.1. The monoisotopic (exact) mass is 340 g/mol. The van der Waals surface area contributed by atoms with Crippen LogP contribution in [0.3, 0.4) is 0 Å². The number of anilines is 3. The lowest BCUT2D eigenvalue weighted by Gasteiger charge is -2.37. The summed E-state index contributed by atoms with van der Waals surface area (Å²) in [7, 11) is 0. The molecule has 26 heavy (non-hydrogen) atoms. The predicted octanol–water partition coefficient (Wildman–Crippen LogP) is 5.08. The molecule has 0 fully saturated rings. The van der Waals surface area contributed by atoms with Gasteiger partial charge in [0.05, 0.1) is 17.4 Å². The van der Waals surface area contributed by atoms with Gasteiger partial charge in [-0.1, -0.05) is 60.7 Å². The van der Waals surface area contributed by atoms with E-state index in [0.29, 0.717) is 11.3 Å². The van der Waals surface area contributed by atoms with Crippen LogP contribution in [-0.4, -0.2) is 11.8 Å². The van der Waals surface area contributed by atoms with Crippen LogP contribution in [-0.2, 0) is 0 Å². The molecule has 3 heteroatoms. The molecule has 2 N–H and O–H groups in total. The van der Waals surface area contributed by atoms with E-state index in [4.69, 9.17) is 5.73 Å². The number of nitrogens with zero attached hydrogens (tertiary/aromatic N) is 1. The van der Waals surface area contributed by atoms with E-state index >= 15 is 0 Å². The minimum Gasteiger partial charge on any atom is -0.397 e. The lowest BCUT2D eigenvalue weighted by atomic mass is 9.89. The van der Waals surface area contributed by atoms with Crippen molar-refractivity contribution in [3.63, 3.8) is 0 Å². The molecule has 0 saturated heterocycles. The molecule has 0 radical (unpaired) electrons. The highest BCUT2D eigenvalue weighted by Crippen LogP contribution is 2.42. The van der Waals surface area contributed by atoms with Crippen molar-refractivity contribution >= 4 is 28.9 Å². The van der Waals surface area contributed by atoms with Gasteiger partial charge in [-0.3, -0.25) is 4.79 Å². The standard InChI is InChI=1S/C23H20N2O/c1-16-20(23(26)17-9-4-2-5-10-17)15-18-11-8-14-21(24)22(18)25(16)19-12-6-3-7-13-19/h2-16H,24H2,1H3. The van der Waals surface area contributed by atoms with Crippen LogP contribution < -0.4 is 10.6 Å². The number of benzene rings is 3. The Kier molecular flexibility index (Phi) is 4.05. The second kappa shape index (κ2) is 6.52. The van der Waals surface area contributed by atoms with E-state index in [2.05, 4.69) is 11.8 Å². The van der Waals surface area contributed by atoms with Gasteiger partial charge in [0.2, 0.25) is 0 Å². The first-order valence-electron chi connectivity index (χ1n) is 8.71. The number of hydrogen-bond acceptors (Lipinski definition) is 3. The minimum atomic E-state index is -0.123. The summed E-state index contributed by atoms with van der Waals surface area (Å²) in [5, 5.41) is 0. The minimum absolute atomic E-state index is 0.0482. The summed E-state index contributed by atoms with van der Waals surface area (Å²) in [5.41, 5.74) is 11.4. The van der Waals surface area contributed by atoms with Crippen molar-refractivity contribution in [3.05, 3.63) is 95.6 Å². The Morgan fingerprint density at radius 3 is 2.23 bits per heavy atom. The van der Waals surface area contributed by atoms with Crippen LogP contribution in [0.5, 0.6) is 0 Å². The number of Topliss-reactive ketones (excluding diaryl/α,β-unsaturated/α-hetero) is 1. The van der Waals surface area contributed by atoms with E-state index in [1.807, 2.05) is 84.9 Å². The van der Waals surface area contributed by atoms with Crippen LogP contribution in [0.25, 0.3) is 6.08 Å². The SMILES string of the molecule is CC1C(C(=O)c2ccccc2)=Cc2cccc(N)c2N1c1ccccc1. The molecule has 128 valence electrons. The second-order valence-corrected chi connectivity index (χ2v) is 6.46. The fourth-order valence-electron chi connectivity index (χ4n) is 3.55. The third-order valence-electron chi connectivity index (χ3n) is 4.82. The number of nitrogens with two attached hydrogens (primary N) is 1. The Balaban J connectivity index is 1.88. The number of carbonyl (C=O) groups excluding carboxylic acids is 1. The lowest BCUT2D eigenvalue weighted by Crippen LogP contribution is -2.36. The summed E-state index contributed by atoms with van der Waals surface area (Å²) in [6.45, 7) is 2.05. The average Bonchev–Trinajstić information content (AvgIpc) is 2.69. The Morgan fingerprint density at radius 1 is 0.885 bits per heavy atom. The molecule has 1 aliphatic heterocycles. The summed E-state index contributed by atoms with van der Waals surface area (Å²) < 4.78 is 0. The van der Waals surface area contributed by atoms with Crippen LogP contribution in [0.15, 0.2) is 84.4 Å². The maximum Gasteiger partial charge on any atom is 0.191 e. The highest BCUT2D eigenvalue weighted by molar-refractivity contribution is 6.14. The Morgan fingerprint density at radius 2 is 1.54 bits per heavy atom. The van der Waals surface area contributed by atoms with Gasteiger partial charge in [-0.15, -0.1) is 0 Å². The van der Waals surface area contributed by atoms with Crippen LogP contribution in [0, 0.1) is 0 Å². The topological polar surface area (TPSA) is 46.3 Å². The normalized spacial score (nSPS) is 16.0. The van der Waals surface area contributed by atoms with Gasteiger partial charge < -0.3 is 10.6 Å². The molecule has 3 aromatic carbocycles. The van der Waals surface area contributed by atoms with Gasteiger partial charge in [0.15, 0.2) is 5.78 Å². The molecule has 1 aliphatic rings. The van der Waals surface area contributed by atoms with Crippen molar-refractivity contribution < 1.29 is 4.79 Å². The Hall–Kier alpha value is -3.33. The first-order valence-corrected chi connectivity index (χ1v) is 8.71. The molecule has 4 rings (SSSR count). The van der Waals surface area contributed by atoms with Crippen molar-refractivity contribution in [3.8, 4) is 0 Å². The number of nitrogen functional groups attached to an aromatic ring is 1. The predicted molar refractivity (Wildman–Crippen MR) is 108 cm³/mol.